The van der Waals surface area contributed by atoms with E-state index in [4.69, 9.17) is 9.47 Å². The van der Waals surface area contributed by atoms with Gasteiger partial charge in [0.05, 0.1) is 18.9 Å². The van der Waals surface area contributed by atoms with Gasteiger partial charge in [-0.2, -0.15) is 0 Å². The number of ether oxygens (including phenoxy) is 2. The van der Waals surface area contributed by atoms with Gasteiger partial charge >= 0.3 is 6.03 Å². The zero-order chi connectivity index (χ0) is 18.4. The SMILES string of the molecule is COc1ccccc1NC(=O)N[C@H]1CC[C@@H](Oc2ccc(F)cc2)CC1. The minimum atomic E-state index is -0.272. The van der Waals surface area contributed by atoms with Gasteiger partial charge in [-0.3, -0.25) is 0 Å². The lowest BCUT2D eigenvalue weighted by Crippen LogP contribution is -2.41. The first-order valence-electron chi connectivity index (χ1n) is 8.77. The highest BCUT2D eigenvalue weighted by molar-refractivity contribution is 5.91. The van der Waals surface area contributed by atoms with Gasteiger partial charge in [0, 0.05) is 6.04 Å². The fourth-order valence-electron chi connectivity index (χ4n) is 3.12. The van der Waals surface area contributed by atoms with Gasteiger partial charge in [0.2, 0.25) is 0 Å². The van der Waals surface area contributed by atoms with Gasteiger partial charge in [-0.05, 0) is 62.1 Å². The number of carbonyl (C=O) groups is 1. The monoisotopic (exact) mass is 358 g/mol. The van der Waals surface area contributed by atoms with Crippen LogP contribution in [0.3, 0.4) is 0 Å². The molecule has 0 bridgehead atoms. The maximum Gasteiger partial charge on any atom is 0.319 e. The molecule has 1 saturated carbocycles. The lowest BCUT2D eigenvalue weighted by Gasteiger charge is -2.29. The van der Waals surface area contributed by atoms with Crippen LogP contribution in [-0.4, -0.2) is 25.3 Å². The van der Waals surface area contributed by atoms with E-state index < -0.39 is 0 Å². The number of methoxy groups -OCH3 is 1. The first-order valence-corrected chi connectivity index (χ1v) is 8.77. The van der Waals surface area contributed by atoms with Gasteiger partial charge in [0.1, 0.15) is 17.3 Å². The Balaban J connectivity index is 1.44. The molecule has 138 valence electrons. The summed E-state index contributed by atoms with van der Waals surface area (Å²) in [4.78, 5) is 12.2. The second-order valence-electron chi connectivity index (χ2n) is 6.34. The Morgan fingerprint density at radius 3 is 2.42 bits per heavy atom. The number of amides is 2. The van der Waals surface area contributed by atoms with Crippen molar-refractivity contribution in [1.82, 2.24) is 5.32 Å². The number of urea groups is 1. The lowest BCUT2D eigenvalue weighted by molar-refractivity contribution is 0.141. The van der Waals surface area contributed by atoms with E-state index in [1.807, 2.05) is 12.1 Å². The fraction of sp³-hybridized carbons (Fsp3) is 0.350. The number of carbonyl (C=O) groups excluding carboxylic acids is 1. The molecule has 0 aliphatic heterocycles. The zero-order valence-electron chi connectivity index (χ0n) is 14.7. The standard InChI is InChI=1S/C20H23FN2O3/c1-25-19-5-3-2-4-18(19)23-20(24)22-15-8-12-17(13-9-15)26-16-10-6-14(21)7-11-16/h2-7,10-11,15,17H,8-9,12-13H2,1H3,(H2,22,23,24)/t15-,17+. The minimum Gasteiger partial charge on any atom is -0.495 e. The Kier molecular flexibility index (Phi) is 5.94. The van der Waals surface area contributed by atoms with Crippen LogP contribution in [0.1, 0.15) is 25.7 Å². The average Bonchev–Trinajstić information content (AvgIpc) is 2.65. The normalized spacial score (nSPS) is 19.5. The quantitative estimate of drug-likeness (QED) is 0.836. The van der Waals surface area contributed by atoms with Crippen LogP contribution in [0, 0.1) is 5.82 Å². The number of hydrogen-bond acceptors (Lipinski definition) is 3. The molecule has 1 fully saturated rings. The van der Waals surface area contributed by atoms with Crippen LogP contribution in [0.5, 0.6) is 11.5 Å². The second kappa shape index (κ2) is 8.56. The number of hydrogen-bond donors (Lipinski definition) is 2. The molecule has 26 heavy (non-hydrogen) atoms. The molecule has 0 heterocycles. The lowest BCUT2D eigenvalue weighted by atomic mass is 9.93. The third-order valence-corrected chi connectivity index (χ3v) is 4.48. The molecular weight excluding hydrogens is 335 g/mol. The zero-order valence-corrected chi connectivity index (χ0v) is 14.7. The highest BCUT2D eigenvalue weighted by Crippen LogP contribution is 2.25. The van der Waals surface area contributed by atoms with Crippen LogP contribution in [0.2, 0.25) is 0 Å². The van der Waals surface area contributed by atoms with Gasteiger partial charge in [0.25, 0.3) is 0 Å². The number of nitrogens with one attached hydrogen (secondary N) is 2. The number of anilines is 1. The maximum atomic E-state index is 12.9. The maximum absolute atomic E-state index is 12.9. The summed E-state index contributed by atoms with van der Waals surface area (Å²) in [7, 11) is 1.57. The molecule has 5 nitrogen and oxygen atoms in total. The summed E-state index contributed by atoms with van der Waals surface area (Å²) in [6.45, 7) is 0. The van der Waals surface area contributed by atoms with Crippen molar-refractivity contribution < 1.29 is 18.7 Å². The molecule has 0 radical (unpaired) electrons. The minimum absolute atomic E-state index is 0.0933. The Morgan fingerprint density at radius 2 is 1.73 bits per heavy atom. The molecule has 2 N–H and O–H groups in total. The Bertz CT molecular complexity index is 728. The molecule has 6 heteroatoms. The predicted octanol–water partition coefficient (Wildman–Crippen LogP) is 4.35. The topological polar surface area (TPSA) is 59.6 Å². The predicted molar refractivity (Wildman–Crippen MR) is 98.2 cm³/mol. The van der Waals surface area contributed by atoms with E-state index in [1.165, 1.54) is 12.1 Å². The fourth-order valence-corrected chi connectivity index (χ4v) is 3.12. The molecule has 1 aliphatic rings. The molecule has 0 saturated heterocycles. The Labute approximate surface area is 152 Å². The average molecular weight is 358 g/mol. The van der Waals surface area contributed by atoms with Crippen molar-refractivity contribution in [2.24, 2.45) is 0 Å². The molecular formula is C20H23FN2O3. The van der Waals surface area contributed by atoms with Crippen molar-refractivity contribution in [3.05, 3.63) is 54.3 Å². The number of rotatable bonds is 5. The van der Waals surface area contributed by atoms with Crippen molar-refractivity contribution in [3.63, 3.8) is 0 Å². The summed E-state index contributed by atoms with van der Waals surface area (Å²) >= 11 is 0. The van der Waals surface area contributed by atoms with Gasteiger partial charge in [-0.25, -0.2) is 9.18 Å². The number of halogens is 1. The van der Waals surface area contributed by atoms with Crippen LogP contribution in [0.4, 0.5) is 14.9 Å². The van der Waals surface area contributed by atoms with Crippen LogP contribution < -0.4 is 20.1 Å². The van der Waals surface area contributed by atoms with Crippen LogP contribution in [0.15, 0.2) is 48.5 Å². The summed E-state index contributed by atoms with van der Waals surface area (Å²) in [5, 5.41) is 5.82. The van der Waals surface area contributed by atoms with E-state index in [0.29, 0.717) is 17.2 Å². The highest BCUT2D eigenvalue weighted by Gasteiger charge is 2.23. The van der Waals surface area contributed by atoms with Gasteiger partial charge < -0.3 is 20.1 Å². The summed E-state index contributed by atoms with van der Waals surface area (Å²) in [6, 6.07) is 13.2. The van der Waals surface area contributed by atoms with E-state index >= 15 is 0 Å². The third-order valence-electron chi connectivity index (χ3n) is 4.48. The molecule has 2 aromatic rings. The molecule has 0 spiro atoms. The van der Waals surface area contributed by atoms with Crippen LogP contribution >= 0.6 is 0 Å². The van der Waals surface area contributed by atoms with Gasteiger partial charge in [-0.1, -0.05) is 12.1 Å². The number of benzene rings is 2. The van der Waals surface area contributed by atoms with E-state index in [9.17, 15) is 9.18 Å². The van der Waals surface area contributed by atoms with Crippen molar-refractivity contribution in [3.8, 4) is 11.5 Å². The van der Waals surface area contributed by atoms with Crippen molar-refractivity contribution in [2.45, 2.75) is 37.8 Å². The first kappa shape index (κ1) is 18.0. The van der Waals surface area contributed by atoms with Crippen molar-refractivity contribution in [2.75, 3.05) is 12.4 Å². The van der Waals surface area contributed by atoms with Crippen LogP contribution in [0.25, 0.3) is 0 Å². The summed E-state index contributed by atoms with van der Waals surface area (Å²) in [5.74, 6) is 1.03. The van der Waals surface area contributed by atoms with Crippen molar-refractivity contribution >= 4 is 11.7 Å². The largest absolute Gasteiger partial charge is 0.495 e. The molecule has 0 aromatic heterocycles. The van der Waals surface area contributed by atoms with Gasteiger partial charge in [-0.15, -0.1) is 0 Å². The summed E-state index contributed by atoms with van der Waals surface area (Å²) in [6.07, 6.45) is 3.46. The van der Waals surface area contributed by atoms with Gasteiger partial charge in [0.15, 0.2) is 0 Å². The van der Waals surface area contributed by atoms with Crippen LogP contribution in [-0.2, 0) is 0 Å². The summed E-state index contributed by atoms with van der Waals surface area (Å²) < 4.78 is 24.0. The smallest absolute Gasteiger partial charge is 0.319 e. The van der Waals surface area contributed by atoms with E-state index in [0.717, 1.165) is 25.7 Å². The molecule has 2 amide bonds. The van der Waals surface area contributed by atoms with E-state index in [2.05, 4.69) is 10.6 Å². The molecule has 1 aliphatic carbocycles. The second-order valence-corrected chi connectivity index (χ2v) is 6.34. The molecule has 0 atom stereocenters. The van der Waals surface area contributed by atoms with E-state index in [-0.39, 0.29) is 24.0 Å². The van der Waals surface area contributed by atoms with E-state index in [1.54, 1.807) is 31.4 Å². The molecule has 0 unspecified atom stereocenters. The molecule has 3 rings (SSSR count). The Morgan fingerprint density at radius 1 is 1.04 bits per heavy atom. The van der Waals surface area contributed by atoms with Crippen molar-refractivity contribution in [1.29, 1.82) is 0 Å². The third kappa shape index (κ3) is 4.88. The number of para-hydroxylation sites is 2. The summed E-state index contributed by atoms with van der Waals surface area (Å²) in [5.41, 5.74) is 0.640. The molecule has 2 aromatic carbocycles. The Hall–Kier alpha value is -2.76. The first-order chi connectivity index (χ1) is 12.6. The highest BCUT2D eigenvalue weighted by atomic mass is 19.1.